The Balaban J connectivity index is 2.38. The van der Waals surface area contributed by atoms with E-state index in [1.165, 1.54) is 30.5 Å². The van der Waals surface area contributed by atoms with Crippen LogP contribution in [-0.2, 0) is 19.5 Å². The maximum atomic E-state index is 13.6. The molecule has 0 radical (unpaired) electrons. The number of nitro benzene ring substituents is 1. The molecule has 12 heteroatoms. The van der Waals surface area contributed by atoms with Crippen LogP contribution in [0.3, 0.4) is 0 Å². The number of likely N-dealkylation sites (N-methyl/N-ethyl adjacent to an activating group) is 1. The number of ether oxygens (including phenoxy) is 2. The maximum absolute atomic E-state index is 13.6. The Labute approximate surface area is 189 Å². The van der Waals surface area contributed by atoms with Crippen LogP contribution in [0, 0.1) is 10.1 Å². The molecular formula is C20H32N4O7S. The van der Waals surface area contributed by atoms with Crippen molar-refractivity contribution in [3.05, 3.63) is 33.9 Å². The van der Waals surface area contributed by atoms with Crippen LogP contribution >= 0.6 is 0 Å². The molecule has 0 aromatic heterocycles. The lowest BCUT2D eigenvalue weighted by molar-refractivity contribution is -0.385. The summed E-state index contributed by atoms with van der Waals surface area (Å²) < 4.78 is 39.6. The summed E-state index contributed by atoms with van der Waals surface area (Å²) in [4.78, 5) is 26.1. The zero-order valence-corrected chi connectivity index (χ0v) is 19.8. The Kier molecular flexibility index (Phi) is 9.52. The molecule has 1 aliphatic rings. The van der Waals surface area contributed by atoms with Gasteiger partial charge in [0.2, 0.25) is 10.0 Å². The van der Waals surface area contributed by atoms with Crippen LogP contribution in [0.15, 0.2) is 23.1 Å². The normalized spacial score (nSPS) is 17.0. The van der Waals surface area contributed by atoms with Crippen molar-refractivity contribution >= 4 is 21.6 Å². The topological polar surface area (TPSA) is 123 Å². The van der Waals surface area contributed by atoms with Gasteiger partial charge in [0.15, 0.2) is 6.29 Å². The van der Waals surface area contributed by atoms with Gasteiger partial charge in [-0.15, -0.1) is 0 Å². The van der Waals surface area contributed by atoms with E-state index in [4.69, 9.17) is 9.47 Å². The summed E-state index contributed by atoms with van der Waals surface area (Å²) in [5.41, 5.74) is -1.00. The SMILES string of the molecule is CN(C)CCN(CCOC1CCCCO1)S(=O)(=O)c1cccc([N+](=O)[O-])c1C(=O)N(C)C. The van der Waals surface area contributed by atoms with E-state index in [0.717, 1.165) is 30.2 Å². The molecule has 1 aliphatic heterocycles. The first-order valence-electron chi connectivity index (χ1n) is 10.4. The number of hydrogen-bond acceptors (Lipinski definition) is 8. The van der Waals surface area contributed by atoms with Crippen LogP contribution in [0.5, 0.6) is 0 Å². The number of nitro groups is 1. The monoisotopic (exact) mass is 472 g/mol. The third-order valence-corrected chi connectivity index (χ3v) is 6.96. The third-order valence-electron chi connectivity index (χ3n) is 5.02. The molecule has 1 atom stereocenters. The van der Waals surface area contributed by atoms with E-state index in [2.05, 4.69) is 0 Å². The summed E-state index contributed by atoms with van der Waals surface area (Å²) in [6.45, 7) is 1.28. The van der Waals surface area contributed by atoms with Gasteiger partial charge >= 0.3 is 0 Å². The molecule has 1 unspecified atom stereocenters. The molecule has 1 saturated heterocycles. The van der Waals surface area contributed by atoms with Gasteiger partial charge in [-0.1, -0.05) is 6.07 Å². The van der Waals surface area contributed by atoms with Gasteiger partial charge in [0.1, 0.15) is 10.5 Å². The molecule has 11 nitrogen and oxygen atoms in total. The Morgan fingerprint density at radius 2 is 1.91 bits per heavy atom. The number of benzene rings is 1. The lowest BCUT2D eigenvalue weighted by atomic mass is 10.1. The van der Waals surface area contributed by atoms with Crippen molar-refractivity contribution in [2.24, 2.45) is 0 Å². The van der Waals surface area contributed by atoms with Crippen LogP contribution in [-0.4, -0.2) is 101 Å². The minimum Gasteiger partial charge on any atom is -0.353 e. The Bertz CT molecular complexity index is 899. The standard InChI is InChI=1S/C20H32N4O7S/c1-21(2)11-12-23(13-15-31-18-10-5-6-14-30-18)32(28,29)17-9-7-8-16(24(26)27)19(17)20(25)22(3)4/h7-9,18H,5-6,10-15H2,1-4H3. The van der Waals surface area contributed by atoms with E-state index in [1.807, 2.05) is 19.0 Å². The van der Waals surface area contributed by atoms with Gasteiger partial charge in [0.25, 0.3) is 11.6 Å². The number of carbonyl (C=O) groups excluding carboxylic acids is 1. The van der Waals surface area contributed by atoms with Crippen molar-refractivity contribution < 1.29 is 27.6 Å². The lowest BCUT2D eigenvalue weighted by Gasteiger charge is -2.27. The van der Waals surface area contributed by atoms with Gasteiger partial charge in [0, 0.05) is 46.4 Å². The molecule has 0 N–H and O–H groups in total. The number of hydrogen-bond donors (Lipinski definition) is 0. The second kappa shape index (κ2) is 11.7. The van der Waals surface area contributed by atoms with Crippen LogP contribution in [0.2, 0.25) is 0 Å². The Hall–Kier alpha value is -2.12. The first-order chi connectivity index (χ1) is 15.1. The number of carbonyl (C=O) groups is 1. The van der Waals surface area contributed by atoms with Crippen molar-refractivity contribution in [3.8, 4) is 0 Å². The highest BCUT2D eigenvalue weighted by atomic mass is 32.2. The fourth-order valence-electron chi connectivity index (χ4n) is 3.26. The predicted molar refractivity (Wildman–Crippen MR) is 118 cm³/mol. The van der Waals surface area contributed by atoms with Crippen molar-refractivity contribution in [1.82, 2.24) is 14.1 Å². The van der Waals surface area contributed by atoms with Gasteiger partial charge in [-0.05, 0) is 39.4 Å². The quantitative estimate of drug-likeness (QED) is 0.350. The fraction of sp³-hybridized carbons (Fsp3) is 0.650. The number of nitrogens with zero attached hydrogens (tertiary/aromatic N) is 4. The van der Waals surface area contributed by atoms with Crippen molar-refractivity contribution in [2.45, 2.75) is 30.4 Å². The number of sulfonamides is 1. The molecule has 180 valence electrons. The van der Waals surface area contributed by atoms with E-state index in [-0.39, 0.29) is 26.0 Å². The summed E-state index contributed by atoms with van der Waals surface area (Å²) in [5, 5.41) is 11.5. The van der Waals surface area contributed by atoms with Gasteiger partial charge in [-0.25, -0.2) is 8.42 Å². The minimum absolute atomic E-state index is 0.0221. The Morgan fingerprint density at radius 3 is 2.47 bits per heavy atom. The average Bonchev–Trinajstić information content (AvgIpc) is 2.75. The van der Waals surface area contributed by atoms with Crippen molar-refractivity contribution in [2.75, 3.05) is 61.0 Å². The van der Waals surface area contributed by atoms with Crippen LogP contribution in [0.25, 0.3) is 0 Å². The Morgan fingerprint density at radius 1 is 1.19 bits per heavy atom. The van der Waals surface area contributed by atoms with E-state index >= 15 is 0 Å². The highest BCUT2D eigenvalue weighted by molar-refractivity contribution is 7.89. The molecule has 0 aliphatic carbocycles. The van der Waals surface area contributed by atoms with E-state index in [0.29, 0.717) is 13.2 Å². The molecule has 32 heavy (non-hydrogen) atoms. The van der Waals surface area contributed by atoms with E-state index < -0.39 is 37.0 Å². The summed E-state index contributed by atoms with van der Waals surface area (Å²) >= 11 is 0. The fourth-order valence-corrected chi connectivity index (χ4v) is 4.87. The van der Waals surface area contributed by atoms with Crippen LogP contribution < -0.4 is 0 Å². The maximum Gasteiger partial charge on any atom is 0.283 e. The molecule has 0 saturated carbocycles. The van der Waals surface area contributed by atoms with Crippen LogP contribution in [0.4, 0.5) is 5.69 Å². The molecule has 1 fully saturated rings. The zero-order valence-electron chi connectivity index (χ0n) is 19.0. The molecule has 1 amide bonds. The molecule has 1 aromatic carbocycles. The first-order valence-corrected chi connectivity index (χ1v) is 11.9. The second-order valence-electron chi connectivity index (χ2n) is 7.98. The van der Waals surface area contributed by atoms with Gasteiger partial charge in [-0.2, -0.15) is 4.31 Å². The lowest BCUT2D eigenvalue weighted by Crippen LogP contribution is -2.40. The van der Waals surface area contributed by atoms with Gasteiger partial charge in [0.05, 0.1) is 11.5 Å². The number of rotatable bonds is 11. The summed E-state index contributed by atoms with van der Waals surface area (Å²) in [7, 11) is 2.22. The highest BCUT2D eigenvalue weighted by Gasteiger charge is 2.35. The molecule has 1 heterocycles. The molecule has 0 spiro atoms. The minimum atomic E-state index is -4.23. The smallest absolute Gasteiger partial charge is 0.283 e. The molecule has 0 bridgehead atoms. The van der Waals surface area contributed by atoms with E-state index in [9.17, 15) is 23.3 Å². The summed E-state index contributed by atoms with van der Waals surface area (Å²) in [6.07, 6.45) is 2.33. The van der Waals surface area contributed by atoms with Crippen molar-refractivity contribution in [3.63, 3.8) is 0 Å². The summed E-state index contributed by atoms with van der Waals surface area (Å²) in [6, 6.07) is 3.63. The van der Waals surface area contributed by atoms with Crippen molar-refractivity contribution in [1.29, 1.82) is 0 Å². The van der Waals surface area contributed by atoms with E-state index in [1.54, 1.807) is 0 Å². The zero-order chi connectivity index (χ0) is 23.9. The molecule has 1 aromatic rings. The second-order valence-corrected chi connectivity index (χ2v) is 9.89. The molecular weight excluding hydrogens is 440 g/mol. The highest BCUT2D eigenvalue weighted by Crippen LogP contribution is 2.29. The predicted octanol–water partition coefficient (Wildman–Crippen LogP) is 1.39. The number of amides is 1. The average molecular weight is 473 g/mol. The van der Waals surface area contributed by atoms with Gasteiger partial charge in [-0.3, -0.25) is 14.9 Å². The largest absolute Gasteiger partial charge is 0.353 e. The molecule has 2 rings (SSSR count). The van der Waals surface area contributed by atoms with Gasteiger partial charge < -0.3 is 19.3 Å². The first kappa shape index (κ1) is 26.1. The third kappa shape index (κ3) is 6.69. The summed E-state index contributed by atoms with van der Waals surface area (Å²) in [5.74, 6) is -0.754. The van der Waals surface area contributed by atoms with Crippen LogP contribution in [0.1, 0.15) is 29.6 Å².